The highest BCUT2D eigenvalue weighted by molar-refractivity contribution is 5.89. The van der Waals surface area contributed by atoms with E-state index in [0.29, 0.717) is 32.1 Å². The van der Waals surface area contributed by atoms with E-state index in [2.05, 4.69) is 26.5 Å². The molecule has 120 heavy (non-hydrogen) atoms. The number of hydrogen-bond donors (Lipinski definition) is 23. The highest BCUT2D eigenvalue weighted by Crippen LogP contribution is 2.76. The van der Waals surface area contributed by atoms with Gasteiger partial charge >= 0.3 is 11.9 Å². The van der Waals surface area contributed by atoms with E-state index in [1.54, 1.807) is 0 Å². The summed E-state index contributed by atoms with van der Waals surface area (Å²) in [6.07, 6.45) is -57.6. The zero-order chi connectivity index (χ0) is 88.1. The zero-order valence-corrected chi connectivity index (χ0v) is 68.7. The van der Waals surface area contributed by atoms with Gasteiger partial charge in [0.15, 0.2) is 43.8 Å². The first-order chi connectivity index (χ1) is 56.3. The Morgan fingerprint density at radius 3 is 1.57 bits per heavy atom. The normalized spacial score (nSPS) is 50.7. The summed E-state index contributed by atoms with van der Waals surface area (Å²) in [6.45, 7) is 15.2. The van der Waals surface area contributed by atoms with Gasteiger partial charge in [0.05, 0.1) is 75.7 Å². The van der Waals surface area contributed by atoms with Gasteiger partial charge in [-0.25, -0.2) is 4.79 Å². The number of aliphatic hydroxyl groups excluding tert-OH is 22. The predicted molar refractivity (Wildman–Crippen MR) is 399 cm³/mol. The molecule has 7 saturated heterocycles. The topological polar surface area (TPSA) is 638 Å². The molecule has 40 heteroatoms. The molecule has 44 atom stereocenters. The molecule has 0 bridgehead atoms. The average molecular weight is 1730 g/mol. The van der Waals surface area contributed by atoms with E-state index in [4.69, 9.17) is 71.1 Å². The number of aliphatic hydroxyl groups is 23. The van der Waals surface area contributed by atoms with E-state index in [0.717, 1.165) is 5.57 Å². The van der Waals surface area contributed by atoms with Crippen molar-refractivity contribution in [3.05, 3.63) is 36.0 Å². The highest BCUT2D eigenvalue weighted by atomic mass is 16.8. The van der Waals surface area contributed by atoms with E-state index >= 15 is 4.79 Å². The lowest BCUT2D eigenvalue weighted by atomic mass is 9.33. The summed E-state index contributed by atoms with van der Waals surface area (Å²) in [6, 6.07) is 0. The number of allylic oxidation sites excluding steroid dienone is 3. The molecule has 5 aliphatic carbocycles. The summed E-state index contributed by atoms with van der Waals surface area (Å²) in [4.78, 5) is 31.1. The number of carbonyl (C=O) groups is 2. The Labute approximate surface area is 693 Å². The second kappa shape index (κ2) is 37.1. The molecule has 23 N–H and O–H groups in total. The maximum Gasteiger partial charge on any atom is 0.336 e. The molecule has 0 spiro atoms. The van der Waals surface area contributed by atoms with Crippen LogP contribution in [0.25, 0.3) is 0 Å². The Kier molecular flexibility index (Phi) is 29.6. The van der Waals surface area contributed by atoms with Crippen LogP contribution in [0.5, 0.6) is 0 Å². The Morgan fingerprint density at radius 1 is 0.517 bits per heavy atom. The zero-order valence-electron chi connectivity index (χ0n) is 68.7. The molecule has 0 aromatic rings. The largest absolute Gasteiger partial charge is 0.458 e. The van der Waals surface area contributed by atoms with E-state index in [1.807, 2.05) is 34.6 Å². The van der Waals surface area contributed by atoms with Crippen LogP contribution in [0.4, 0.5) is 0 Å². The van der Waals surface area contributed by atoms with Crippen LogP contribution in [0.15, 0.2) is 36.0 Å². The molecular weight excluding hydrogens is 1600 g/mol. The third-order valence-corrected chi connectivity index (χ3v) is 29.3. The van der Waals surface area contributed by atoms with Crippen LogP contribution in [0.1, 0.15) is 127 Å². The van der Waals surface area contributed by atoms with Gasteiger partial charge in [-0.2, -0.15) is 0 Å². The van der Waals surface area contributed by atoms with Crippen molar-refractivity contribution in [1.29, 1.82) is 0 Å². The number of carbonyl (C=O) groups excluding carboxylic acids is 2. The number of rotatable bonds is 26. The fourth-order valence-electron chi connectivity index (χ4n) is 21.6. The van der Waals surface area contributed by atoms with Gasteiger partial charge in [-0.3, -0.25) is 4.79 Å². The minimum Gasteiger partial charge on any atom is -0.458 e. The Bertz CT molecular complexity index is 3530. The summed E-state index contributed by atoms with van der Waals surface area (Å²) in [7, 11) is 0. The molecule has 688 valence electrons. The van der Waals surface area contributed by atoms with Gasteiger partial charge in [0.1, 0.15) is 158 Å². The Balaban J connectivity index is 0.860. The minimum atomic E-state index is -2.26. The van der Waals surface area contributed by atoms with Crippen molar-refractivity contribution in [3.63, 3.8) is 0 Å². The monoisotopic (exact) mass is 1730 g/mol. The van der Waals surface area contributed by atoms with Crippen LogP contribution in [-0.4, -0.2) is 402 Å². The Morgan fingerprint density at radius 2 is 1.01 bits per heavy atom. The van der Waals surface area contributed by atoms with Crippen LogP contribution < -0.4 is 0 Å². The number of hydrogen-bond acceptors (Lipinski definition) is 40. The summed E-state index contributed by atoms with van der Waals surface area (Å²) < 4.78 is 91.6. The minimum absolute atomic E-state index is 0.00807. The van der Waals surface area contributed by atoms with Gasteiger partial charge in [-0.1, -0.05) is 72.3 Å². The van der Waals surface area contributed by atoms with Crippen molar-refractivity contribution in [3.8, 4) is 0 Å². The molecule has 12 aliphatic rings. The molecule has 0 amide bonds. The molecule has 1 unspecified atom stereocenters. The molecule has 0 aromatic carbocycles. The fourth-order valence-corrected chi connectivity index (χ4v) is 21.6. The average Bonchev–Trinajstić information content (AvgIpc) is 0.718. The first-order valence-electron chi connectivity index (χ1n) is 41.5. The second-order valence-corrected chi connectivity index (χ2v) is 37.3. The van der Waals surface area contributed by atoms with E-state index in [-0.39, 0.29) is 43.1 Å². The van der Waals surface area contributed by atoms with Crippen molar-refractivity contribution >= 4 is 11.9 Å². The standard InChI is InChI=1S/C80H128O40/c1-11-76(7,105)18-12-13-32(24-81)65(103)114-45-23-80(73(104)120-72-64(54(96)49(91)38(27-84)112-72)119-70-60(102)62(117-68-58(100)52(94)47(89)36(25-82)109-68)61(31(2)108-70)116-67-57(99)50(92)39(28-85)111-67)34(21-74(45,3)4)33-14-15-42-77(8)19-17-44(75(5,6)41(77)16-20-78(42,9)79(33,10)22-43(80)87)115-71-63(118-69-59(101)53(95)48(90)37(26-83)110-69)55(97)51(93)40(113-71)30-107-66-56(98)46(88)35(86)29-106-66/h11,13-14,31,34-64,66-72,81-102,105H,1,12,15-30H2,2-10H3/b32-13+/t31-,34-,35+,36+,37+,38+,39-,40+,41-,42+,43+,44-,45-,46-,47+,48+,49+,50-,51+,52-,53-,54-,55-,56+,57+,58+,59+,60+,61-,62-,63+,64+,66-,67-,68-,69-,70-,71-,72-,76?,77-,78+,79+,80+/m0/s1. The van der Waals surface area contributed by atoms with Crippen LogP contribution in [0.3, 0.4) is 0 Å². The van der Waals surface area contributed by atoms with E-state index in [9.17, 15) is 122 Å². The summed E-state index contributed by atoms with van der Waals surface area (Å²) >= 11 is 0. The number of fused-ring (bicyclic) bond motifs is 7. The van der Waals surface area contributed by atoms with E-state index in [1.165, 1.54) is 26.0 Å². The maximum absolute atomic E-state index is 16.6. The molecule has 40 nitrogen and oxygen atoms in total. The highest BCUT2D eigenvalue weighted by Gasteiger charge is 2.74. The first-order valence-corrected chi connectivity index (χ1v) is 41.5. The SMILES string of the molecule is C=CC(C)(O)CC/C=C(\CO)C(=O)O[C@H]1C[C@]2(C(=O)O[C@@H]3O[C@H](CO)[C@@H](O)[C@H](O)[C@H]3O[C@@H]3O[C@@H](C)[C@H](O[C@@H]4O[C@@H](CO)[C@H](O)[C@H]4O)[C@@H](O[C@@H]4O[C@H](CO)[C@@H](O)[C@H](O)[C@H]4O)[C@H]3O)[C@H](O)C[C@]3(C)C(=CC[C@@H]4[C@@]5(C)CC[C@H](O[C@@H]6O[C@H](CO[C@@H]7OC[C@@H](O)[C@H](O)[C@H]7O)[C@@H](O)[C@H](O)[C@H]6O[C@@H]6O[C@H](CO)[C@@H](O)[C@H](O)[C@H]6O)C(C)(C)[C@@H]5CC[C@]43C)[C@@H]2CC1(C)C. The molecule has 0 radical (unpaired) electrons. The van der Waals surface area contributed by atoms with Crippen molar-refractivity contribution < 1.29 is 198 Å². The molecule has 0 aromatic heterocycles. The molecular formula is C80H128O40. The van der Waals surface area contributed by atoms with Crippen molar-refractivity contribution in [2.75, 3.05) is 46.2 Å². The Hall–Kier alpha value is -3.28. The third kappa shape index (κ3) is 17.4. The lowest BCUT2D eigenvalue weighted by Crippen LogP contribution is -2.70. The van der Waals surface area contributed by atoms with Crippen LogP contribution in [0.2, 0.25) is 0 Å². The lowest BCUT2D eigenvalue weighted by molar-refractivity contribution is -0.390. The van der Waals surface area contributed by atoms with Gasteiger partial charge in [0.25, 0.3) is 0 Å². The smallest absolute Gasteiger partial charge is 0.336 e. The van der Waals surface area contributed by atoms with Crippen molar-refractivity contribution in [2.24, 2.45) is 50.2 Å². The van der Waals surface area contributed by atoms with Crippen LogP contribution in [0, 0.1) is 50.2 Å². The van der Waals surface area contributed by atoms with Gasteiger partial charge in [0.2, 0.25) is 6.29 Å². The quantitative estimate of drug-likeness (QED) is 0.0166. The predicted octanol–water partition coefficient (Wildman–Crippen LogP) is -7.13. The fraction of sp³-hybridized carbons (Fsp3) is 0.900. The lowest BCUT2D eigenvalue weighted by Gasteiger charge is -2.72. The number of esters is 2. The summed E-state index contributed by atoms with van der Waals surface area (Å²) in [5.41, 5.74) is -7.20. The first kappa shape index (κ1) is 95.8. The van der Waals surface area contributed by atoms with E-state index < -0.39 is 330 Å². The summed E-state index contributed by atoms with van der Waals surface area (Å²) in [5.74, 6) is -3.63. The molecule has 4 saturated carbocycles. The molecule has 7 aliphatic heterocycles. The van der Waals surface area contributed by atoms with Gasteiger partial charge < -0.3 is 189 Å². The van der Waals surface area contributed by atoms with Gasteiger partial charge in [0, 0.05) is 11.8 Å². The molecule has 7 heterocycles. The van der Waals surface area contributed by atoms with Crippen molar-refractivity contribution in [1.82, 2.24) is 0 Å². The second-order valence-electron chi connectivity index (χ2n) is 37.3. The molecule has 11 fully saturated rings. The molecule has 12 rings (SSSR count). The summed E-state index contributed by atoms with van der Waals surface area (Å²) in [5, 5.41) is 255. The third-order valence-electron chi connectivity index (χ3n) is 29.3. The van der Waals surface area contributed by atoms with Crippen LogP contribution >= 0.6 is 0 Å². The van der Waals surface area contributed by atoms with Gasteiger partial charge in [-0.15, -0.1) is 6.58 Å². The van der Waals surface area contributed by atoms with Gasteiger partial charge in [-0.05, 0) is 111 Å². The van der Waals surface area contributed by atoms with Crippen molar-refractivity contribution in [2.45, 2.75) is 353 Å². The maximum atomic E-state index is 16.6. The number of ether oxygens (including phenoxy) is 15. The van der Waals surface area contributed by atoms with Crippen LogP contribution in [-0.2, 0) is 80.6 Å².